The highest BCUT2D eigenvalue weighted by atomic mass is 79.9. The Hall–Kier alpha value is 0.01000. The zero-order valence-corrected chi connectivity index (χ0v) is 12.2. The van der Waals surface area contributed by atoms with Crippen molar-refractivity contribution < 1.29 is 0 Å². The van der Waals surface area contributed by atoms with E-state index in [1.165, 1.54) is 28.4 Å². The quantitative estimate of drug-likeness (QED) is 0.889. The number of rotatable bonds is 5. The molecule has 3 heteroatoms. The van der Waals surface area contributed by atoms with Gasteiger partial charge < -0.3 is 5.32 Å². The van der Waals surface area contributed by atoms with Crippen LogP contribution >= 0.6 is 27.7 Å². The molecule has 0 unspecified atom stereocenters. The lowest BCUT2D eigenvalue weighted by molar-refractivity contribution is 0.663. The van der Waals surface area contributed by atoms with E-state index in [-0.39, 0.29) is 0 Å². The molecule has 0 radical (unpaired) electrons. The van der Waals surface area contributed by atoms with E-state index in [1.807, 2.05) is 11.8 Å². The van der Waals surface area contributed by atoms with Gasteiger partial charge in [0.25, 0.3) is 0 Å². The van der Waals surface area contributed by atoms with Crippen LogP contribution in [0.3, 0.4) is 0 Å². The van der Waals surface area contributed by atoms with Crippen LogP contribution < -0.4 is 5.32 Å². The van der Waals surface area contributed by atoms with E-state index >= 15 is 0 Å². The summed E-state index contributed by atoms with van der Waals surface area (Å²) in [4.78, 5) is 0. The van der Waals surface area contributed by atoms with Crippen molar-refractivity contribution in [3.63, 3.8) is 0 Å². The molecular weight excluding hydrogens is 282 g/mol. The number of benzene rings is 1. The minimum atomic E-state index is 0.557. The minimum Gasteiger partial charge on any atom is -0.311 e. The van der Waals surface area contributed by atoms with Crippen molar-refractivity contribution in [1.82, 2.24) is 5.32 Å². The van der Waals surface area contributed by atoms with Crippen molar-refractivity contribution in [3.8, 4) is 0 Å². The minimum absolute atomic E-state index is 0.557. The number of hydrogen-bond acceptors (Lipinski definition) is 2. The summed E-state index contributed by atoms with van der Waals surface area (Å²) in [5, 5.41) is 3.56. The average molecular weight is 300 g/mol. The molecular formula is C13H18BrNS. The second-order valence-electron chi connectivity index (χ2n) is 4.57. The Morgan fingerprint density at radius 1 is 1.44 bits per heavy atom. The molecule has 1 nitrogen and oxygen atoms in total. The number of hydrogen-bond donors (Lipinski definition) is 1. The van der Waals surface area contributed by atoms with Crippen molar-refractivity contribution in [2.24, 2.45) is 0 Å². The third-order valence-electron chi connectivity index (χ3n) is 3.25. The first-order valence-electron chi connectivity index (χ1n) is 5.66. The monoisotopic (exact) mass is 299 g/mol. The third kappa shape index (κ3) is 3.02. The van der Waals surface area contributed by atoms with Gasteiger partial charge >= 0.3 is 0 Å². The first kappa shape index (κ1) is 12.5. The van der Waals surface area contributed by atoms with Gasteiger partial charge in [0, 0.05) is 22.3 Å². The predicted octanol–water partition coefficient (Wildman–Crippen LogP) is 3.74. The maximum atomic E-state index is 3.57. The van der Waals surface area contributed by atoms with Crippen LogP contribution in [0.25, 0.3) is 0 Å². The van der Waals surface area contributed by atoms with Gasteiger partial charge in [-0.05, 0) is 43.2 Å². The highest BCUT2D eigenvalue weighted by molar-refractivity contribution is 9.10. The standard InChI is InChI=1S/C13H18BrNS/c1-10-3-4-11(7-12(10)14)8-15-9-13(16-2)5-6-13/h3-4,7,15H,5-6,8-9H2,1-2H3. The van der Waals surface area contributed by atoms with Crippen LogP contribution in [-0.2, 0) is 6.54 Å². The van der Waals surface area contributed by atoms with E-state index in [1.54, 1.807) is 0 Å². The SMILES string of the molecule is CSC1(CNCc2ccc(C)c(Br)c2)CC1. The molecule has 1 aliphatic carbocycles. The summed E-state index contributed by atoms with van der Waals surface area (Å²) < 4.78 is 1.76. The maximum Gasteiger partial charge on any atom is 0.0282 e. The molecule has 88 valence electrons. The van der Waals surface area contributed by atoms with Gasteiger partial charge in [0.1, 0.15) is 0 Å². The first-order valence-corrected chi connectivity index (χ1v) is 7.68. The largest absolute Gasteiger partial charge is 0.311 e. The molecule has 0 heterocycles. The van der Waals surface area contributed by atoms with E-state index in [9.17, 15) is 0 Å². The summed E-state index contributed by atoms with van der Waals surface area (Å²) in [6.45, 7) is 4.23. The van der Waals surface area contributed by atoms with Gasteiger partial charge in [-0.3, -0.25) is 0 Å². The Morgan fingerprint density at radius 3 is 2.75 bits per heavy atom. The number of thioether (sulfide) groups is 1. The number of halogens is 1. The predicted molar refractivity (Wildman–Crippen MR) is 76.1 cm³/mol. The van der Waals surface area contributed by atoms with Crippen LogP contribution in [0.5, 0.6) is 0 Å². The van der Waals surface area contributed by atoms with E-state index in [0.29, 0.717) is 4.75 Å². The lowest BCUT2D eigenvalue weighted by Gasteiger charge is -2.13. The van der Waals surface area contributed by atoms with Crippen LogP contribution in [-0.4, -0.2) is 17.5 Å². The molecule has 2 rings (SSSR count). The molecule has 1 aromatic rings. The lowest BCUT2D eigenvalue weighted by Crippen LogP contribution is -2.25. The molecule has 0 atom stereocenters. The van der Waals surface area contributed by atoms with E-state index in [0.717, 1.165) is 13.1 Å². The van der Waals surface area contributed by atoms with Crippen molar-refractivity contribution in [3.05, 3.63) is 33.8 Å². The molecule has 1 aromatic carbocycles. The molecule has 1 fully saturated rings. The third-order valence-corrected chi connectivity index (χ3v) is 5.53. The number of aryl methyl sites for hydroxylation is 1. The van der Waals surface area contributed by atoms with Crippen LogP contribution in [0.2, 0.25) is 0 Å². The fraction of sp³-hybridized carbons (Fsp3) is 0.538. The molecule has 0 bridgehead atoms. The van der Waals surface area contributed by atoms with Crippen molar-refractivity contribution in [2.45, 2.75) is 31.1 Å². The molecule has 0 amide bonds. The normalized spacial score (nSPS) is 17.4. The summed E-state index contributed by atoms with van der Waals surface area (Å²) in [6, 6.07) is 6.58. The zero-order valence-electron chi connectivity index (χ0n) is 9.85. The number of nitrogens with one attached hydrogen (secondary N) is 1. The second-order valence-corrected chi connectivity index (χ2v) is 6.70. The summed E-state index contributed by atoms with van der Waals surface area (Å²) >= 11 is 5.58. The van der Waals surface area contributed by atoms with Gasteiger partial charge in [0.2, 0.25) is 0 Å². The summed E-state index contributed by atoms with van der Waals surface area (Å²) in [6.07, 6.45) is 4.97. The first-order chi connectivity index (χ1) is 7.65. The topological polar surface area (TPSA) is 12.0 Å². The smallest absolute Gasteiger partial charge is 0.0282 e. The van der Waals surface area contributed by atoms with Gasteiger partial charge in [-0.15, -0.1) is 0 Å². The molecule has 1 N–H and O–H groups in total. The van der Waals surface area contributed by atoms with Crippen LogP contribution in [0.4, 0.5) is 0 Å². The zero-order chi connectivity index (χ0) is 11.6. The second kappa shape index (κ2) is 5.11. The highest BCUT2D eigenvalue weighted by Crippen LogP contribution is 2.46. The van der Waals surface area contributed by atoms with Crippen LogP contribution in [0.1, 0.15) is 24.0 Å². The average Bonchev–Trinajstić information content (AvgIpc) is 3.04. The molecule has 0 spiro atoms. The Balaban J connectivity index is 1.83. The van der Waals surface area contributed by atoms with Gasteiger partial charge in [0.05, 0.1) is 0 Å². The van der Waals surface area contributed by atoms with Crippen molar-refractivity contribution in [1.29, 1.82) is 0 Å². The Morgan fingerprint density at radius 2 is 2.19 bits per heavy atom. The summed E-state index contributed by atoms with van der Waals surface area (Å²) in [5.74, 6) is 0. The maximum absolute atomic E-state index is 3.57. The molecule has 1 saturated carbocycles. The Bertz CT molecular complexity index is 374. The van der Waals surface area contributed by atoms with Crippen molar-refractivity contribution in [2.75, 3.05) is 12.8 Å². The fourth-order valence-corrected chi connectivity index (χ4v) is 2.96. The van der Waals surface area contributed by atoms with E-state index in [2.05, 4.69) is 52.6 Å². The van der Waals surface area contributed by atoms with Gasteiger partial charge in [0.15, 0.2) is 0 Å². The summed E-state index contributed by atoms with van der Waals surface area (Å²) in [7, 11) is 0. The van der Waals surface area contributed by atoms with Crippen molar-refractivity contribution >= 4 is 27.7 Å². The summed E-state index contributed by atoms with van der Waals surface area (Å²) in [5.41, 5.74) is 2.65. The molecule has 0 aliphatic heterocycles. The van der Waals surface area contributed by atoms with Crippen LogP contribution in [0, 0.1) is 6.92 Å². The molecule has 1 aliphatic rings. The fourth-order valence-electron chi connectivity index (χ4n) is 1.77. The van der Waals surface area contributed by atoms with Crippen LogP contribution in [0.15, 0.2) is 22.7 Å². The van der Waals surface area contributed by atoms with Gasteiger partial charge in [-0.25, -0.2) is 0 Å². The highest BCUT2D eigenvalue weighted by Gasteiger charge is 2.41. The Kier molecular flexibility index (Phi) is 3.98. The molecule has 0 saturated heterocycles. The lowest BCUT2D eigenvalue weighted by atomic mass is 10.1. The van der Waals surface area contributed by atoms with Gasteiger partial charge in [-0.2, -0.15) is 11.8 Å². The Labute approximate surface area is 111 Å². The van der Waals surface area contributed by atoms with E-state index in [4.69, 9.17) is 0 Å². The van der Waals surface area contributed by atoms with E-state index < -0.39 is 0 Å². The molecule has 0 aromatic heterocycles. The molecule has 16 heavy (non-hydrogen) atoms. The van der Waals surface area contributed by atoms with Gasteiger partial charge in [-0.1, -0.05) is 28.1 Å².